The van der Waals surface area contributed by atoms with Gasteiger partial charge >= 0.3 is 5.69 Å². The maximum atomic E-state index is 11.9. The Bertz CT molecular complexity index is 617. The molecule has 2 rings (SSSR count). The molecule has 0 saturated heterocycles. The summed E-state index contributed by atoms with van der Waals surface area (Å²) >= 11 is 0. The Morgan fingerprint density at radius 2 is 2.37 bits per heavy atom. The van der Waals surface area contributed by atoms with Gasteiger partial charge in [0.2, 0.25) is 5.91 Å². The van der Waals surface area contributed by atoms with Crippen molar-refractivity contribution in [3.63, 3.8) is 0 Å². The molecule has 0 spiro atoms. The van der Waals surface area contributed by atoms with Crippen molar-refractivity contribution in [3.8, 4) is 0 Å². The van der Waals surface area contributed by atoms with Crippen LogP contribution in [-0.4, -0.2) is 25.8 Å². The van der Waals surface area contributed by atoms with E-state index in [9.17, 15) is 14.9 Å². The number of hydrogen-bond donors (Lipinski definition) is 1. The average Bonchev–Trinajstić information content (AvgIpc) is 2.97. The van der Waals surface area contributed by atoms with Crippen molar-refractivity contribution in [1.82, 2.24) is 14.9 Å². The first-order valence-electron chi connectivity index (χ1n) is 5.40. The first-order chi connectivity index (χ1) is 8.97. The molecule has 0 fully saturated rings. The summed E-state index contributed by atoms with van der Waals surface area (Å²) in [6.07, 6.45) is 2.28. The van der Waals surface area contributed by atoms with Crippen molar-refractivity contribution in [2.24, 2.45) is 0 Å². The van der Waals surface area contributed by atoms with Crippen LogP contribution >= 0.6 is 0 Å². The number of nitrogens with one attached hydrogen (secondary N) is 1. The van der Waals surface area contributed by atoms with E-state index < -0.39 is 16.9 Å². The fraction of sp³-hybridized carbons (Fsp3) is 0.300. The monoisotopic (exact) mass is 265 g/mol. The van der Waals surface area contributed by atoms with Gasteiger partial charge in [0.1, 0.15) is 24.2 Å². The second-order valence-corrected chi connectivity index (χ2v) is 3.92. The van der Waals surface area contributed by atoms with Crippen LogP contribution in [0.5, 0.6) is 0 Å². The minimum Gasteiger partial charge on any atom is -0.360 e. The zero-order chi connectivity index (χ0) is 14.0. The summed E-state index contributed by atoms with van der Waals surface area (Å²) in [7, 11) is 0. The molecule has 19 heavy (non-hydrogen) atoms. The molecule has 0 aliphatic rings. The maximum Gasteiger partial charge on any atom is 0.307 e. The van der Waals surface area contributed by atoms with Crippen LogP contribution in [0.15, 0.2) is 23.0 Å². The van der Waals surface area contributed by atoms with Gasteiger partial charge in [-0.05, 0) is 13.8 Å². The third-order valence-electron chi connectivity index (χ3n) is 2.45. The van der Waals surface area contributed by atoms with Crippen LogP contribution in [-0.2, 0) is 4.79 Å². The minimum atomic E-state index is -0.703. The van der Waals surface area contributed by atoms with E-state index in [0.717, 1.165) is 6.20 Å². The lowest BCUT2D eigenvalue weighted by molar-refractivity contribution is -0.385. The summed E-state index contributed by atoms with van der Waals surface area (Å²) in [5, 5.41) is 20.5. The summed E-state index contributed by atoms with van der Waals surface area (Å²) in [4.78, 5) is 21.8. The summed E-state index contributed by atoms with van der Waals surface area (Å²) in [6.45, 7) is 3.27. The zero-order valence-corrected chi connectivity index (χ0v) is 10.2. The van der Waals surface area contributed by atoms with Gasteiger partial charge < -0.3 is 9.84 Å². The van der Waals surface area contributed by atoms with Gasteiger partial charge in [-0.25, -0.2) is 0 Å². The van der Waals surface area contributed by atoms with E-state index in [4.69, 9.17) is 4.52 Å². The van der Waals surface area contributed by atoms with Crippen molar-refractivity contribution in [1.29, 1.82) is 0 Å². The Kier molecular flexibility index (Phi) is 3.27. The van der Waals surface area contributed by atoms with E-state index in [2.05, 4.69) is 15.6 Å². The molecule has 0 aliphatic carbocycles. The number of nitrogens with zero attached hydrogens (tertiary/aromatic N) is 4. The summed E-state index contributed by atoms with van der Waals surface area (Å²) < 4.78 is 6.02. The molecule has 0 aromatic carbocycles. The van der Waals surface area contributed by atoms with Crippen molar-refractivity contribution in [3.05, 3.63) is 34.3 Å². The number of anilines is 1. The smallest absolute Gasteiger partial charge is 0.307 e. The first kappa shape index (κ1) is 12.7. The summed E-state index contributed by atoms with van der Waals surface area (Å²) in [5.74, 6) is 0.458. The number of aromatic nitrogens is 3. The van der Waals surface area contributed by atoms with Gasteiger partial charge in [0.25, 0.3) is 0 Å². The lowest BCUT2D eigenvalue weighted by atomic mass is 10.3. The highest BCUT2D eigenvalue weighted by atomic mass is 16.6. The van der Waals surface area contributed by atoms with Crippen LogP contribution in [0, 0.1) is 17.0 Å². The van der Waals surface area contributed by atoms with Crippen LogP contribution in [0.25, 0.3) is 0 Å². The number of hydrogen-bond acceptors (Lipinski definition) is 6. The largest absolute Gasteiger partial charge is 0.360 e. The molecule has 1 atom stereocenters. The molecular formula is C10H11N5O4. The Labute approximate surface area is 107 Å². The van der Waals surface area contributed by atoms with Crippen LogP contribution in [0.3, 0.4) is 0 Å². The fourth-order valence-electron chi connectivity index (χ4n) is 1.41. The van der Waals surface area contributed by atoms with Gasteiger partial charge in [-0.1, -0.05) is 5.16 Å². The van der Waals surface area contributed by atoms with Crippen LogP contribution in [0.1, 0.15) is 18.7 Å². The van der Waals surface area contributed by atoms with Gasteiger partial charge in [0.15, 0.2) is 5.82 Å². The van der Waals surface area contributed by atoms with Crippen molar-refractivity contribution in [2.45, 2.75) is 19.9 Å². The zero-order valence-electron chi connectivity index (χ0n) is 10.2. The molecule has 9 nitrogen and oxygen atoms in total. The minimum absolute atomic E-state index is 0.170. The number of rotatable bonds is 4. The maximum absolute atomic E-state index is 11.9. The predicted molar refractivity (Wildman–Crippen MR) is 63.5 cm³/mol. The quantitative estimate of drug-likeness (QED) is 0.657. The van der Waals surface area contributed by atoms with Crippen molar-refractivity contribution < 1.29 is 14.2 Å². The third kappa shape index (κ3) is 2.76. The van der Waals surface area contributed by atoms with Gasteiger partial charge in [-0.3, -0.25) is 19.6 Å². The Balaban J connectivity index is 2.07. The third-order valence-corrected chi connectivity index (χ3v) is 2.45. The van der Waals surface area contributed by atoms with Gasteiger partial charge in [-0.15, -0.1) is 0 Å². The molecule has 0 radical (unpaired) electrons. The molecule has 0 unspecified atom stereocenters. The van der Waals surface area contributed by atoms with Crippen molar-refractivity contribution in [2.75, 3.05) is 5.32 Å². The molecule has 9 heteroatoms. The molecule has 100 valence electrons. The van der Waals surface area contributed by atoms with E-state index in [0.29, 0.717) is 5.76 Å². The number of aryl methyl sites for hydroxylation is 1. The predicted octanol–water partition coefficient (Wildman–Crippen LogP) is 1.29. The highest BCUT2D eigenvalue weighted by molar-refractivity contribution is 5.92. The molecule has 2 aromatic rings. The Morgan fingerprint density at radius 1 is 1.63 bits per heavy atom. The van der Waals surface area contributed by atoms with Crippen LogP contribution in [0.4, 0.5) is 11.5 Å². The highest BCUT2D eigenvalue weighted by Gasteiger charge is 2.19. The second kappa shape index (κ2) is 4.88. The molecule has 1 N–H and O–H groups in total. The standard InChI is InChI=1S/C10H11N5O4/c1-6-3-9(13-19-6)12-10(16)7(2)14-5-8(4-11-14)15(17)18/h3-5,7H,1-2H3,(H,12,13,16)/t7-/m0/s1. The number of nitro groups is 1. The molecule has 0 bridgehead atoms. The molecule has 0 aliphatic heterocycles. The second-order valence-electron chi connectivity index (χ2n) is 3.92. The first-order valence-corrected chi connectivity index (χ1v) is 5.40. The number of carbonyl (C=O) groups is 1. The number of carbonyl (C=O) groups excluding carboxylic acids is 1. The SMILES string of the molecule is Cc1cc(NC(=O)[C@H](C)n2cc([N+](=O)[O-])cn2)no1. The number of amides is 1. The summed E-state index contributed by atoms with van der Waals surface area (Å²) in [5.41, 5.74) is -0.170. The van der Waals surface area contributed by atoms with Crippen LogP contribution in [0.2, 0.25) is 0 Å². The normalized spacial score (nSPS) is 12.1. The molecule has 1 amide bonds. The van der Waals surface area contributed by atoms with E-state index in [1.54, 1.807) is 19.9 Å². The van der Waals surface area contributed by atoms with E-state index in [1.807, 2.05) is 0 Å². The van der Waals surface area contributed by atoms with E-state index >= 15 is 0 Å². The van der Waals surface area contributed by atoms with Crippen molar-refractivity contribution >= 4 is 17.4 Å². The lowest BCUT2D eigenvalue weighted by Gasteiger charge is -2.10. The molecule has 0 saturated carbocycles. The van der Waals surface area contributed by atoms with Gasteiger partial charge in [0, 0.05) is 6.07 Å². The fourth-order valence-corrected chi connectivity index (χ4v) is 1.41. The van der Waals surface area contributed by atoms with E-state index in [1.165, 1.54) is 10.9 Å². The lowest BCUT2D eigenvalue weighted by Crippen LogP contribution is -2.24. The van der Waals surface area contributed by atoms with Crippen LogP contribution < -0.4 is 5.32 Å². The van der Waals surface area contributed by atoms with Gasteiger partial charge in [-0.2, -0.15) is 5.10 Å². The topological polar surface area (TPSA) is 116 Å². The molecular weight excluding hydrogens is 254 g/mol. The van der Waals surface area contributed by atoms with Gasteiger partial charge in [0.05, 0.1) is 4.92 Å². The van der Waals surface area contributed by atoms with E-state index in [-0.39, 0.29) is 11.5 Å². The average molecular weight is 265 g/mol. The Hall–Kier alpha value is -2.71. The molecule has 2 aromatic heterocycles. The Morgan fingerprint density at radius 3 is 2.89 bits per heavy atom. The highest BCUT2D eigenvalue weighted by Crippen LogP contribution is 2.15. The summed E-state index contributed by atoms with van der Waals surface area (Å²) in [6, 6.07) is 0.863. The molecule has 2 heterocycles.